The Morgan fingerprint density at radius 3 is 2.28 bits per heavy atom. The van der Waals surface area contributed by atoms with Crippen molar-refractivity contribution in [2.45, 2.75) is 13.5 Å². The van der Waals surface area contributed by atoms with Crippen molar-refractivity contribution in [1.82, 2.24) is 9.97 Å². The Balaban J connectivity index is 2.05. The van der Waals surface area contributed by atoms with E-state index in [1.54, 1.807) is 7.11 Å². The lowest BCUT2D eigenvalue weighted by Gasteiger charge is -2.17. The predicted molar refractivity (Wildman–Crippen MR) is 71.9 cm³/mol. The van der Waals surface area contributed by atoms with Crippen LogP contribution in [0.15, 0.2) is 36.7 Å². The monoisotopic (exact) mass is 243 g/mol. The van der Waals surface area contributed by atoms with Gasteiger partial charge in [-0.15, -0.1) is 0 Å². The molecule has 1 aromatic carbocycles. The summed E-state index contributed by atoms with van der Waals surface area (Å²) < 4.78 is 5.13. The van der Waals surface area contributed by atoms with Gasteiger partial charge in [-0.05, 0) is 30.2 Å². The fourth-order valence-electron chi connectivity index (χ4n) is 1.66. The van der Waals surface area contributed by atoms with Gasteiger partial charge in [0.15, 0.2) is 0 Å². The van der Waals surface area contributed by atoms with Gasteiger partial charge in [-0.2, -0.15) is 0 Å². The molecule has 4 nitrogen and oxygen atoms in total. The molecule has 18 heavy (non-hydrogen) atoms. The van der Waals surface area contributed by atoms with Crippen molar-refractivity contribution in [3.63, 3.8) is 0 Å². The molecule has 1 heterocycles. The van der Waals surface area contributed by atoms with Crippen LogP contribution in [0.25, 0.3) is 0 Å². The molecule has 0 bridgehead atoms. The SMILES string of the molecule is COc1ccc(CN(C)c2ncc(C)cn2)cc1. The number of hydrogen-bond donors (Lipinski definition) is 0. The van der Waals surface area contributed by atoms with Crippen molar-refractivity contribution in [1.29, 1.82) is 0 Å². The lowest BCUT2D eigenvalue weighted by atomic mass is 10.2. The number of methoxy groups -OCH3 is 1. The molecule has 0 fully saturated rings. The molecular formula is C14H17N3O. The van der Waals surface area contributed by atoms with Crippen LogP contribution < -0.4 is 9.64 Å². The van der Waals surface area contributed by atoms with E-state index in [2.05, 4.69) is 9.97 Å². The Morgan fingerprint density at radius 1 is 1.11 bits per heavy atom. The van der Waals surface area contributed by atoms with E-state index in [0.29, 0.717) is 0 Å². The van der Waals surface area contributed by atoms with Gasteiger partial charge in [0.25, 0.3) is 0 Å². The molecule has 0 atom stereocenters. The Kier molecular flexibility index (Phi) is 3.77. The van der Waals surface area contributed by atoms with E-state index < -0.39 is 0 Å². The average Bonchev–Trinajstić information content (AvgIpc) is 2.40. The molecule has 0 N–H and O–H groups in total. The number of benzene rings is 1. The maximum absolute atomic E-state index is 5.13. The second-order valence-corrected chi connectivity index (χ2v) is 4.26. The van der Waals surface area contributed by atoms with Crippen molar-refractivity contribution in [2.24, 2.45) is 0 Å². The number of aromatic nitrogens is 2. The van der Waals surface area contributed by atoms with E-state index in [1.165, 1.54) is 5.56 Å². The van der Waals surface area contributed by atoms with Gasteiger partial charge in [0.2, 0.25) is 5.95 Å². The van der Waals surface area contributed by atoms with Crippen LogP contribution in [0.2, 0.25) is 0 Å². The van der Waals surface area contributed by atoms with Crippen LogP contribution in [0.4, 0.5) is 5.95 Å². The smallest absolute Gasteiger partial charge is 0.225 e. The Labute approximate surface area is 107 Å². The zero-order chi connectivity index (χ0) is 13.0. The number of hydrogen-bond acceptors (Lipinski definition) is 4. The third-order valence-electron chi connectivity index (χ3n) is 2.69. The van der Waals surface area contributed by atoms with Crippen molar-refractivity contribution < 1.29 is 4.74 Å². The second-order valence-electron chi connectivity index (χ2n) is 4.26. The normalized spacial score (nSPS) is 10.2. The highest BCUT2D eigenvalue weighted by Crippen LogP contribution is 2.14. The van der Waals surface area contributed by atoms with Crippen LogP contribution in [0.1, 0.15) is 11.1 Å². The summed E-state index contributed by atoms with van der Waals surface area (Å²) in [5, 5.41) is 0. The second kappa shape index (κ2) is 5.49. The lowest BCUT2D eigenvalue weighted by molar-refractivity contribution is 0.414. The van der Waals surface area contributed by atoms with Crippen LogP contribution in [0, 0.1) is 6.92 Å². The molecule has 4 heteroatoms. The van der Waals surface area contributed by atoms with E-state index in [4.69, 9.17) is 4.74 Å². The van der Waals surface area contributed by atoms with E-state index in [0.717, 1.165) is 23.8 Å². The summed E-state index contributed by atoms with van der Waals surface area (Å²) in [4.78, 5) is 10.6. The summed E-state index contributed by atoms with van der Waals surface area (Å²) in [6, 6.07) is 8.01. The van der Waals surface area contributed by atoms with E-state index in [9.17, 15) is 0 Å². The average molecular weight is 243 g/mol. The van der Waals surface area contributed by atoms with Gasteiger partial charge in [-0.1, -0.05) is 12.1 Å². The summed E-state index contributed by atoms with van der Waals surface area (Å²) in [7, 11) is 3.65. The summed E-state index contributed by atoms with van der Waals surface area (Å²) in [5.74, 6) is 1.60. The van der Waals surface area contributed by atoms with Gasteiger partial charge < -0.3 is 9.64 Å². The largest absolute Gasteiger partial charge is 0.497 e. The highest BCUT2D eigenvalue weighted by Gasteiger charge is 2.04. The first-order valence-corrected chi connectivity index (χ1v) is 5.82. The molecule has 1 aromatic heterocycles. The molecule has 0 saturated carbocycles. The van der Waals surface area contributed by atoms with Crippen LogP contribution >= 0.6 is 0 Å². The fourth-order valence-corrected chi connectivity index (χ4v) is 1.66. The van der Waals surface area contributed by atoms with Gasteiger partial charge >= 0.3 is 0 Å². The van der Waals surface area contributed by atoms with Crippen molar-refractivity contribution in [3.05, 3.63) is 47.8 Å². The minimum atomic E-state index is 0.733. The number of aryl methyl sites for hydroxylation is 1. The minimum Gasteiger partial charge on any atom is -0.497 e. The number of anilines is 1. The molecule has 0 radical (unpaired) electrons. The fraction of sp³-hybridized carbons (Fsp3) is 0.286. The number of ether oxygens (including phenoxy) is 1. The van der Waals surface area contributed by atoms with Crippen LogP contribution in [-0.4, -0.2) is 24.1 Å². The zero-order valence-corrected chi connectivity index (χ0v) is 10.9. The third-order valence-corrected chi connectivity index (χ3v) is 2.69. The lowest BCUT2D eigenvalue weighted by Crippen LogP contribution is -2.18. The minimum absolute atomic E-state index is 0.733. The molecule has 0 spiro atoms. The summed E-state index contributed by atoms with van der Waals surface area (Å²) >= 11 is 0. The molecule has 0 aliphatic heterocycles. The third kappa shape index (κ3) is 2.97. The standard InChI is InChI=1S/C14H17N3O/c1-11-8-15-14(16-9-11)17(2)10-12-4-6-13(18-3)7-5-12/h4-9H,10H2,1-3H3. The predicted octanol–water partition coefficient (Wildman–Crippen LogP) is 2.43. The van der Waals surface area contributed by atoms with Crippen LogP contribution in [0.3, 0.4) is 0 Å². The van der Waals surface area contributed by atoms with Gasteiger partial charge in [0, 0.05) is 26.0 Å². The van der Waals surface area contributed by atoms with Gasteiger partial charge in [0.1, 0.15) is 5.75 Å². The molecule has 0 amide bonds. The van der Waals surface area contributed by atoms with E-state index in [1.807, 2.05) is 55.5 Å². The number of nitrogens with zero attached hydrogens (tertiary/aromatic N) is 3. The summed E-state index contributed by atoms with van der Waals surface area (Å²) in [6.45, 7) is 2.75. The van der Waals surface area contributed by atoms with Gasteiger partial charge in [-0.25, -0.2) is 9.97 Å². The molecule has 0 aliphatic carbocycles. The van der Waals surface area contributed by atoms with Gasteiger partial charge in [0.05, 0.1) is 7.11 Å². The molecule has 94 valence electrons. The quantitative estimate of drug-likeness (QED) is 0.826. The van der Waals surface area contributed by atoms with Gasteiger partial charge in [-0.3, -0.25) is 0 Å². The zero-order valence-electron chi connectivity index (χ0n) is 10.9. The maximum atomic E-state index is 5.13. The highest BCUT2D eigenvalue weighted by atomic mass is 16.5. The summed E-state index contributed by atoms with van der Waals surface area (Å²) in [6.07, 6.45) is 3.65. The van der Waals surface area contributed by atoms with Crippen molar-refractivity contribution >= 4 is 5.95 Å². The molecular weight excluding hydrogens is 226 g/mol. The molecule has 2 rings (SSSR count). The topological polar surface area (TPSA) is 38.2 Å². The molecule has 0 unspecified atom stereocenters. The van der Waals surface area contributed by atoms with Crippen LogP contribution in [0.5, 0.6) is 5.75 Å². The van der Waals surface area contributed by atoms with Crippen LogP contribution in [-0.2, 0) is 6.54 Å². The Bertz CT molecular complexity index is 493. The first kappa shape index (κ1) is 12.4. The number of rotatable bonds is 4. The molecule has 2 aromatic rings. The maximum Gasteiger partial charge on any atom is 0.225 e. The first-order chi connectivity index (χ1) is 8.69. The molecule has 0 saturated heterocycles. The summed E-state index contributed by atoms with van der Waals surface area (Å²) in [5.41, 5.74) is 2.26. The Hall–Kier alpha value is -2.10. The van der Waals surface area contributed by atoms with Crippen molar-refractivity contribution in [2.75, 3.05) is 19.1 Å². The highest BCUT2D eigenvalue weighted by molar-refractivity contribution is 5.33. The molecule has 0 aliphatic rings. The Morgan fingerprint density at radius 2 is 1.72 bits per heavy atom. The van der Waals surface area contributed by atoms with Crippen molar-refractivity contribution in [3.8, 4) is 5.75 Å². The van der Waals surface area contributed by atoms with E-state index in [-0.39, 0.29) is 0 Å². The van der Waals surface area contributed by atoms with E-state index >= 15 is 0 Å². The first-order valence-electron chi connectivity index (χ1n) is 5.82.